The predicted octanol–water partition coefficient (Wildman–Crippen LogP) is 4.25. The zero-order valence-electron chi connectivity index (χ0n) is 17.8. The van der Waals surface area contributed by atoms with Crippen LogP contribution in [0, 0.1) is 27.7 Å². The third kappa shape index (κ3) is 3.47. The number of nitrogens with zero attached hydrogens (tertiary/aromatic N) is 4. The van der Waals surface area contributed by atoms with Gasteiger partial charge in [0.1, 0.15) is 10.5 Å². The number of aromatic nitrogens is 4. The van der Waals surface area contributed by atoms with E-state index in [1.54, 1.807) is 18.5 Å². The summed E-state index contributed by atoms with van der Waals surface area (Å²) in [6.45, 7) is 9.95. The van der Waals surface area contributed by atoms with E-state index in [-0.39, 0.29) is 4.90 Å². The van der Waals surface area contributed by atoms with E-state index in [1.165, 1.54) is 0 Å². The highest BCUT2D eigenvalue weighted by Crippen LogP contribution is 2.29. The van der Waals surface area contributed by atoms with Crippen LogP contribution in [0.15, 0.2) is 47.6 Å². The molecule has 0 aliphatic heterocycles. The zero-order valence-corrected chi connectivity index (χ0v) is 18.6. The molecular formula is C22H25N5O2S. The lowest BCUT2D eigenvalue weighted by atomic mass is 10.1. The summed E-state index contributed by atoms with van der Waals surface area (Å²) in [6.07, 6.45) is 3.91. The van der Waals surface area contributed by atoms with Gasteiger partial charge >= 0.3 is 0 Å². The predicted molar refractivity (Wildman–Crippen MR) is 118 cm³/mol. The molecule has 0 saturated carbocycles. The van der Waals surface area contributed by atoms with Crippen molar-refractivity contribution >= 4 is 21.4 Å². The van der Waals surface area contributed by atoms with Crippen LogP contribution < -0.4 is 4.72 Å². The van der Waals surface area contributed by atoms with Crippen LogP contribution in [-0.2, 0) is 16.6 Å². The minimum atomic E-state index is -3.77. The molecule has 1 aromatic carbocycles. The smallest absolute Gasteiger partial charge is 0.265 e. The van der Waals surface area contributed by atoms with E-state index in [0.29, 0.717) is 23.6 Å². The van der Waals surface area contributed by atoms with Crippen molar-refractivity contribution in [3.63, 3.8) is 0 Å². The fourth-order valence-electron chi connectivity index (χ4n) is 3.69. The Balaban J connectivity index is 1.74. The molecule has 0 aliphatic rings. The Hall–Kier alpha value is -3.13. The van der Waals surface area contributed by atoms with Crippen LogP contribution >= 0.6 is 0 Å². The maximum atomic E-state index is 13.2. The molecule has 0 fully saturated rings. The monoisotopic (exact) mass is 423 g/mol. The van der Waals surface area contributed by atoms with E-state index >= 15 is 0 Å². The summed E-state index contributed by atoms with van der Waals surface area (Å²) in [5, 5.41) is 4.34. The standard InChI is InChI=1S/C22H25N5O2S/c1-6-27-17(5)22(16(4)24-27)30(28,29)25-19-12-18(8-7-15(19)3)20-13-26-10-9-14(2)11-21(26)23-20/h7-13,25H,6H2,1-5H3. The largest absolute Gasteiger partial charge is 0.306 e. The molecule has 1 N–H and O–H groups in total. The lowest BCUT2D eigenvalue weighted by Crippen LogP contribution is -2.16. The fraction of sp³-hybridized carbons (Fsp3) is 0.273. The molecular weight excluding hydrogens is 398 g/mol. The van der Waals surface area contributed by atoms with Gasteiger partial charge < -0.3 is 4.40 Å². The summed E-state index contributed by atoms with van der Waals surface area (Å²) >= 11 is 0. The highest BCUT2D eigenvalue weighted by Gasteiger charge is 2.25. The molecule has 0 radical (unpaired) electrons. The van der Waals surface area contributed by atoms with Crippen LogP contribution in [0.3, 0.4) is 0 Å². The van der Waals surface area contributed by atoms with Crippen LogP contribution in [0.25, 0.3) is 16.9 Å². The summed E-state index contributed by atoms with van der Waals surface area (Å²) in [4.78, 5) is 4.92. The van der Waals surface area contributed by atoms with Crippen LogP contribution in [0.1, 0.15) is 29.4 Å². The van der Waals surface area contributed by atoms with Crippen molar-refractivity contribution in [3.05, 3.63) is 65.2 Å². The van der Waals surface area contributed by atoms with Gasteiger partial charge in [-0.15, -0.1) is 0 Å². The molecule has 4 rings (SSSR count). The highest BCUT2D eigenvalue weighted by atomic mass is 32.2. The summed E-state index contributed by atoms with van der Waals surface area (Å²) in [5.74, 6) is 0. The third-order valence-corrected chi connectivity index (χ3v) is 6.89. The van der Waals surface area contributed by atoms with E-state index in [2.05, 4.69) is 14.8 Å². The SMILES string of the molecule is CCn1nc(C)c(S(=O)(=O)Nc2cc(-c3cn4ccc(C)cc4n3)ccc2C)c1C. The van der Waals surface area contributed by atoms with Crippen molar-refractivity contribution in [2.45, 2.75) is 46.1 Å². The summed E-state index contributed by atoms with van der Waals surface area (Å²) < 4.78 is 32.7. The van der Waals surface area contributed by atoms with E-state index in [9.17, 15) is 8.42 Å². The average Bonchev–Trinajstić information content (AvgIpc) is 3.23. The molecule has 0 saturated heterocycles. The highest BCUT2D eigenvalue weighted by molar-refractivity contribution is 7.92. The fourth-order valence-corrected chi connectivity index (χ4v) is 5.22. The van der Waals surface area contributed by atoms with Crippen molar-refractivity contribution < 1.29 is 8.42 Å². The molecule has 0 aliphatic carbocycles. The number of aryl methyl sites for hydroxylation is 4. The minimum absolute atomic E-state index is 0.234. The molecule has 0 bridgehead atoms. The molecule has 30 heavy (non-hydrogen) atoms. The first-order valence-corrected chi connectivity index (χ1v) is 11.3. The van der Waals surface area contributed by atoms with E-state index in [4.69, 9.17) is 0 Å². The third-order valence-electron chi connectivity index (χ3n) is 5.28. The Morgan fingerprint density at radius 3 is 2.53 bits per heavy atom. The first kappa shape index (κ1) is 20.2. The van der Waals surface area contributed by atoms with Gasteiger partial charge in [0, 0.05) is 24.5 Å². The van der Waals surface area contributed by atoms with Gasteiger partial charge in [-0.2, -0.15) is 5.10 Å². The minimum Gasteiger partial charge on any atom is -0.306 e. The van der Waals surface area contributed by atoms with E-state index in [0.717, 1.165) is 28.0 Å². The Bertz CT molecular complexity index is 1370. The second kappa shape index (κ2) is 7.28. The van der Waals surface area contributed by atoms with Crippen molar-refractivity contribution in [1.82, 2.24) is 19.2 Å². The van der Waals surface area contributed by atoms with Crippen molar-refractivity contribution in [3.8, 4) is 11.3 Å². The van der Waals surface area contributed by atoms with Crippen molar-refractivity contribution in [2.75, 3.05) is 4.72 Å². The Labute approximate surface area is 176 Å². The Morgan fingerprint density at radius 2 is 1.83 bits per heavy atom. The van der Waals surface area contributed by atoms with Gasteiger partial charge in [-0.1, -0.05) is 12.1 Å². The lowest BCUT2D eigenvalue weighted by Gasteiger charge is -2.12. The number of imidazole rings is 1. The molecule has 8 heteroatoms. The van der Waals surface area contributed by atoms with E-state index < -0.39 is 10.0 Å². The maximum Gasteiger partial charge on any atom is 0.265 e. The van der Waals surface area contributed by atoms with Crippen LogP contribution in [0.4, 0.5) is 5.69 Å². The number of benzene rings is 1. The number of rotatable bonds is 5. The molecule has 3 aromatic heterocycles. The zero-order chi connectivity index (χ0) is 21.6. The van der Waals surface area contributed by atoms with Crippen LogP contribution in [0.2, 0.25) is 0 Å². The summed E-state index contributed by atoms with van der Waals surface area (Å²) in [5.41, 5.74) is 6.10. The van der Waals surface area contributed by atoms with Gasteiger partial charge in [-0.05, 0) is 63.9 Å². The van der Waals surface area contributed by atoms with E-state index in [1.807, 2.05) is 67.9 Å². The van der Waals surface area contributed by atoms with Crippen molar-refractivity contribution in [1.29, 1.82) is 0 Å². The number of fused-ring (bicyclic) bond motifs is 1. The molecule has 156 valence electrons. The second-order valence-electron chi connectivity index (χ2n) is 7.55. The first-order valence-electron chi connectivity index (χ1n) is 9.83. The van der Waals surface area contributed by atoms with Crippen LogP contribution in [0.5, 0.6) is 0 Å². The summed E-state index contributed by atoms with van der Waals surface area (Å²) in [7, 11) is -3.77. The number of anilines is 1. The normalized spacial score (nSPS) is 11.9. The number of hydrogen-bond donors (Lipinski definition) is 1. The second-order valence-corrected chi connectivity index (χ2v) is 9.17. The molecule has 3 heterocycles. The van der Waals surface area contributed by atoms with Gasteiger partial charge in [0.05, 0.1) is 22.8 Å². The maximum absolute atomic E-state index is 13.2. The number of pyridine rings is 1. The van der Waals surface area contributed by atoms with Gasteiger partial charge in [0.15, 0.2) is 0 Å². The molecule has 0 amide bonds. The molecule has 0 spiro atoms. The Kier molecular flexibility index (Phi) is 4.89. The summed E-state index contributed by atoms with van der Waals surface area (Å²) in [6, 6.07) is 9.72. The first-order chi connectivity index (χ1) is 14.2. The molecule has 7 nitrogen and oxygen atoms in total. The topological polar surface area (TPSA) is 81.3 Å². The van der Waals surface area contributed by atoms with Gasteiger partial charge in [0.25, 0.3) is 10.0 Å². The number of nitrogens with one attached hydrogen (secondary N) is 1. The number of sulfonamides is 1. The lowest BCUT2D eigenvalue weighted by molar-refractivity contribution is 0.598. The van der Waals surface area contributed by atoms with Gasteiger partial charge in [-0.25, -0.2) is 13.4 Å². The average molecular weight is 424 g/mol. The number of hydrogen-bond acceptors (Lipinski definition) is 4. The van der Waals surface area contributed by atoms with Crippen LogP contribution in [-0.4, -0.2) is 27.6 Å². The molecule has 0 atom stereocenters. The van der Waals surface area contributed by atoms with Crippen molar-refractivity contribution in [2.24, 2.45) is 0 Å². The molecule has 0 unspecified atom stereocenters. The molecule has 4 aromatic rings. The quantitative estimate of drug-likeness (QED) is 0.520. The van der Waals surface area contributed by atoms with Gasteiger partial charge in [0.2, 0.25) is 0 Å². The Morgan fingerprint density at radius 1 is 1.07 bits per heavy atom. The van der Waals surface area contributed by atoms with Gasteiger partial charge in [-0.3, -0.25) is 9.40 Å².